The molecule has 0 aliphatic heterocycles. The number of nitrogens with two attached hydrogens (primary N) is 1. The highest BCUT2D eigenvalue weighted by atomic mass is 32.2. The largest absolute Gasteiger partial charge is 0.476 e. The summed E-state index contributed by atoms with van der Waals surface area (Å²) in [5.41, 5.74) is 3.66. The predicted molar refractivity (Wildman–Crippen MR) is 110 cm³/mol. The zero-order valence-corrected chi connectivity index (χ0v) is 18.2. The first-order chi connectivity index (χ1) is 15.4. The van der Waals surface area contributed by atoms with E-state index in [9.17, 15) is 26.4 Å². The maximum Gasteiger partial charge on any atom is 0.397 e. The number of hydrogen-bond donors (Lipinski definition) is 1. The number of carbonyl (C=O) groups excluding carboxylic acids is 1. The maximum absolute atomic E-state index is 13.3. The Bertz CT molecular complexity index is 1330. The summed E-state index contributed by atoms with van der Waals surface area (Å²) in [5.74, 6) is -1.04. The Balaban J connectivity index is 1.67. The molecule has 1 fully saturated rings. The number of carbonyl (C=O) groups is 1. The van der Waals surface area contributed by atoms with Gasteiger partial charge >= 0.3 is 6.18 Å². The van der Waals surface area contributed by atoms with Crippen LogP contribution >= 0.6 is 0 Å². The van der Waals surface area contributed by atoms with Gasteiger partial charge in [-0.3, -0.25) is 4.79 Å². The van der Waals surface area contributed by atoms with Crippen LogP contribution in [0.3, 0.4) is 0 Å². The van der Waals surface area contributed by atoms with Crippen LogP contribution in [-0.4, -0.2) is 41.9 Å². The quantitative estimate of drug-likeness (QED) is 0.555. The summed E-state index contributed by atoms with van der Waals surface area (Å²) in [6.45, 7) is 1.04. The van der Waals surface area contributed by atoms with Gasteiger partial charge in [-0.25, -0.2) is 18.1 Å². The summed E-state index contributed by atoms with van der Waals surface area (Å²) in [5, 5.41) is 3.49. The van der Waals surface area contributed by atoms with E-state index in [4.69, 9.17) is 10.5 Å². The molecule has 33 heavy (non-hydrogen) atoms. The normalized spacial score (nSPS) is 15.3. The van der Waals surface area contributed by atoms with E-state index in [-0.39, 0.29) is 35.0 Å². The molecule has 0 bridgehead atoms. The highest BCUT2D eigenvalue weighted by Gasteiger charge is 2.64. The van der Waals surface area contributed by atoms with Gasteiger partial charge in [-0.2, -0.15) is 13.2 Å². The first kappa shape index (κ1) is 22.8. The van der Waals surface area contributed by atoms with Gasteiger partial charge in [-0.1, -0.05) is 18.2 Å². The Morgan fingerprint density at radius 2 is 1.88 bits per heavy atom. The van der Waals surface area contributed by atoms with Crippen molar-refractivity contribution < 1.29 is 31.1 Å². The third-order valence-corrected chi connectivity index (χ3v) is 7.36. The number of benzene rings is 1. The smallest absolute Gasteiger partial charge is 0.397 e. The van der Waals surface area contributed by atoms with Gasteiger partial charge in [0.2, 0.25) is 15.7 Å². The fourth-order valence-electron chi connectivity index (χ4n) is 3.30. The number of primary amides is 1. The van der Waals surface area contributed by atoms with Crippen molar-refractivity contribution in [1.82, 2.24) is 14.8 Å². The second-order valence-corrected chi connectivity index (χ2v) is 9.65. The van der Waals surface area contributed by atoms with E-state index in [0.717, 1.165) is 4.68 Å². The molecule has 2 heterocycles. The Morgan fingerprint density at radius 3 is 2.48 bits per heavy atom. The van der Waals surface area contributed by atoms with Gasteiger partial charge in [0.1, 0.15) is 12.0 Å². The molecular formula is C21H19F3N4O4S. The minimum atomic E-state index is -4.36. The third kappa shape index (κ3) is 4.17. The summed E-state index contributed by atoms with van der Waals surface area (Å²) in [6.07, 6.45) is -3.01. The predicted octanol–water partition coefficient (Wildman–Crippen LogP) is 3.23. The molecule has 8 nitrogen and oxygen atoms in total. The lowest BCUT2D eigenvalue weighted by Crippen LogP contribution is -2.30. The molecule has 0 atom stereocenters. The van der Waals surface area contributed by atoms with Crippen LogP contribution in [0.1, 0.15) is 28.8 Å². The van der Waals surface area contributed by atoms with Crippen LogP contribution in [0.5, 0.6) is 5.88 Å². The van der Waals surface area contributed by atoms with Crippen molar-refractivity contribution in [1.29, 1.82) is 0 Å². The molecule has 0 saturated heterocycles. The summed E-state index contributed by atoms with van der Waals surface area (Å²) in [4.78, 5) is 16.0. The van der Waals surface area contributed by atoms with Crippen molar-refractivity contribution in [2.24, 2.45) is 11.1 Å². The number of halogens is 3. The number of rotatable bonds is 7. The van der Waals surface area contributed by atoms with Crippen LogP contribution < -0.4 is 10.5 Å². The SMILES string of the molecule is Cc1ccccc1S(=O)(=O)c1nc(-n2ccc(OCC3(C(F)(F)F)CC3)n2)ccc1C(N)=O. The lowest BCUT2D eigenvalue weighted by Gasteiger charge is -2.18. The second kappa shape index (κ2) is 7.87. The Morgan fingerprint density at radius 1 is 1.18 bits per heavy atom. The van der Waals surface area contributed by atoms with Gasteiger partial charge in [-0.05, 0) is 43.5 Å². The number of aryl methyl sites for hydroxylation is 1. The van der Waals surface area contributed by atoms with E-state index in [2.05, 4.69) is 10.1 Å². The van der Waals surface area contributed by atoms with E-state index in [1.807, 2.05) is 0 Å². The van der Waals surface area contributed by atoms with Crippen LogP contribution in [0.15, 0.2) is 58.6 Å². The zero-order valence-electron chi connectivity index (χ0n) is 17.3. The molecule has 4 rings (SSSR count). The van der Waals surface area contributed by atoms with Crippen molar-refractivity contribution in [3.63, 3.8) is 0 Å². The zero-order chi connectivity index (χ0) is 24.0. The lowest BCUT2D eigenvalue weighted by atomic mass is 10.1. The van der Waals surface area contributed by atoms with Crippen molar-refractivity contribution in [3.8, 4) is 11.7 Å². The molecule has 0 spiro atoms. The molecule has 174 valence electrons. The van der Waals surface area contributed by atoms with Crippen LogP contribution in [0, 0.1) is 12.3 Å². The van der Waals surface area contributed by atoms with Gasteiger partial charge in [0.25, 0.3) is 5.91 Å². The molecule has 1 aliphatic carbocycles. The monoisotopic (exact) mass is 480 g/mol. The Hall–Kier alpha value is -3.41. The summed E-state index contributed by atoms with van der Waals surface area (Å²) >= 11 is 0. The first-order valence-electron chi connectivity index (χ1n) is 9.82. The van der Waals surface area contributed by atoms with Crippen molar-refractivity contribution >= 4 is 15.7 Å². The van der Waals surface area contributed by atoms with Gasteiger partial charge in [-0.15, -0.1) is 5.10 Å². The number of pyridine rings is 1. The van der Waals surface area contributed by atoms with E-state index >= 15 is 0 Å². The molecule has 1 aliphatic rings. The molecule has 1 aromatic carbocycles. The highest BCUT2D eigenvalue weighted by molar-refractivity contribution is 7.91. The van der Waals surface area contributed by atoms with Crippen molar-refractivity contribution in [2.75, 3.05) is 6.61 Å². The Labute approximate surface area is 187 Å². The number of hydrogen-bond acceptors (Lipinski definition) is 6. The average molecular weight is 480 g/mol. The summed E-state index contributed by atoms with van der Waals surface area (Å²) in [7, 11) is -4.22. The fourth-order valence-corrected chi connectivity index (χ4v) is 4.93. The molecule has 0 radical (unpaired) electrons. The minimum Gasteiger partial charge on any atom is -0.476 e. The molecule has 1 saturated carbocycles. The van der Waals surface area contributed by atoms with Crippen LogP contribution in [0.2, 0.25) is 0 Å². The third-order valence-electron chi connectivity index (χ3n) is 5.50. The number of ether oxygens (including phenoxy) is 1. The van der Waals surface area contributed by atoms with Crippen molar-refractivity contribution in [3.05, 3.63) is 59.8 Å². The van der Waals surface area contributed by atoms with Gasteiger partial charge in [0, 0.05) is 12.3 Å². The Kier molecular flexibility index (Phi) is 5.43. The summed E-state index contributed by atoms with van der Waals surface area (Å²) < 4.78 is 72.1. The number of alkyl halides is 3. The topological polar surface area (TPSA) is 117 Å². The highest BCUT2D eigenvalue weighted by Crippen LogP contribution is 2.57. The number of sulfone groups is 1. The molecule has 2 aromatic heterocycles. The molecule has 2 N–H and O–H groups in total. The number of amides is 1. The van der Waals surface area contributed by atoms with E-state index in [1.54, 1.807) is 25.1 Å². The second-order valence-electron chi connectivity index (χ2n) is 7.82. The van der Waals surface area contributed by atoms with Crippen LogP contribution in [-0.2, 0) is 9.84 Å². The number of nitrogens with zero attached hydrogens (tertiary/aromatic N) is 3. The maximum atomic E-state index is 13.3. The minimum absolute atomic E-state index is 0.00648. The van der Waals surface area contributed by atoms with Crippen LogP contribution in [0.4, 0.5) is 13.2 Å². The van der Waals surface area contributed by atoms with E-state index in [1.165, 1.54) is 30.5 Å². The van der Waals surface area contributed by atoms with Gasteiger partial charge < -0.3 is 10.5 Å². The standard InChI is InChI=1S/C21H19F3N4O4S/c1-13-4-2-3-5-15(13)33(30,31)19-14(18(25)29)6-7-16(26-19)28-11-8-17(27-28)32-12-20(9-10-20)21(22,23)24/h2-8,11H,9-10,12H2,1H3,(H2,25,29). The van der Waals surface area contributed by atoms with Gasteiger partial charge in [0.15, 0.2) is 10.8 Å². The molecule has 0 unspecified atom stereocenters. The van der Waals surface area contributed by atoms with E-state index < -0.39 is 39.0 Å². The average Bonchev–Trinajstić information content (AvgIpc) is 3.42. The summed E-state index contributed by atoms with van der Waals surface area (Å²) in [6, 6.07) is 10.1. The number of aromatic nitrogens is 3. The van der Waals surface area contributed by atoms with E-state index in [0.29, 0.717) is 5.56 Å². The molecule has 12 heteroatoms. The lowest BCUT2D eigenvalue weighted by molar-refractivity contribution is -0.194. The first-order valence-corrected chi connectivity index (χ1v) is 11.3. The van der Waals surface area contributed by atoms with Crippen LogP contribution in [0.25, 0.3) is 5.82 Å². The molecule has 1 amide bonds. The molecular weight excluding hydrogens is 461 g/mol. The van der Waals surface area contributed by atoms with Gasteiger partial charge in [0.05, 0.1) is 10.5 Å². The van der Waals surface area contributed by atoms with Crippen molar-refractivity contribution in [2.45, 2.75) is 35.9 Å². The fraction of sp³-hybridized carbons (Fsp3) is 0.286. The molecule has 3 aromatic rings.